The summed E-state index contributed by atoms with van der Waals surface area (Å²) in [6, 6.07) is 14.2. The smallest absolute Gasteiger partial charge is 0.318 e. The van der Waals surface area contributed by atoms with E-state index in [1.165, 1.54) is 31.5 Å². The van der Waals surface area contributed by atoms with Crippen LogP contribution in [-0.4, -0.2) is 35.7 Å². The first kappa shape index (κ1) is 25.6. The SMILES string of the molecule is CCCOc1ccc(C(=O)N/N=C/c2ccc(Oc3ccc([N+](=O)[O-])cc3[N+](=O)[O-])cc2)cc1OC. The molecule has 36 heavy (non-hydrogen) atoms. The van der Waals surface area contributed by atoms with Gasteiger partial charge in [-0.2, -0.15) is 5.10 Å². The second kappa shape index (κ2) is 11.9. The lowest BCUT2D eigenvalue weighted by atomic mass is 10.2. The molecule has 186 valence electrons. The molecule has 0 saturated carbocycles. The number of benzene rings is 3. The van der Waals surface area contributed by atoms with Crippen LogP contribution in [0.5, 0.6) is 23.0 Å². The molecule has 0 unspecified atom stereocenters. The van der Waals surface area contributed by atoms with Crippen LogP contribution in [0.15, 0.2) is 65.8 Å². The maximum atomic E-state index is 12.4. The van der Waals surface area contributed by atoms with E-state index in [1.54, 1.807) is 30.3 Å². The number of amides is 1. The van der Waals surface area contributed by atoms with Gasteiger partial charge < -0.3 is 14.2 Å². The topological polar surface area (TPSA) is 155 Å². The highest BCUT2D eigenvalue weighted by Crippen LogP contribution is 2.34. The number of hydrogen-bond acceptors (Lipinski definition) is 9. The zero-order chi connectivity index (χ0) is 26.1. The zero-order valence-corrected chi connectivity index (χ0v) is 19.4. The van der Waals surface area contributed by atoms with Crippen LogP contribution in [0.3, 0.4) is 0 Å². The van der Waals surface area contributed by atoms with Crippen LogP contribution in [0, 0.1) is 20.2 Å². The number of ether oxygens (including phenoxy) is 3. The fourth-order valence-corrected chi connectivity index (χ4v) is 2.97. The summed E-state index contributed by atoms with van der Waals surface area (Å²) in [5.41, 5.74) is 2.43. The number of carbonyl (C=O) groups excluding carboxylic acids is 1. The molecule has 0 spiro atoms. The van der Waals surface area contributed by atoms with Crippen molar-refractivity contribution in [1.29, 1.82) is 0 Å². The van der Waals surface area contributed by atoms with Crippen molar-refractivity contribution in [3.8, 4) is 23.0 Å². The molecule has 0 heterocycles. The first-order valence-electron chi connectivity index (χ1n) is 10.7. The summed E-state index contributed by atoms with van der Waals surface area (Å²) < 4.78 is 16.4. The Balaban J connectivity index is 1.64. The molecule has 0 aromatic heterocycles. The highest BCUT2D eigenvalue weighted by atomic mass is 16.6. The summed E-state index contributed by atoms with van der Waals surface area (Å²) in [4.78, 5) is 33.0. The van der Waals surface area contributed by atoms with Gasteiger partial charge in [-0.1, -0.05) is 6.92 Å². The zero-order valence-electron chi connectivity index (χ0n) is 19.4. The van der Waals surface area contributed by atoms with Crippen LogP contribution in [0.25, 0.3) is 0 Å². The number of nitrogens with one attached hydrogen (secondary N) is 1. The lowest BCUT2D eigenvalue weighted by Crippen LogP contribution is -2.17. The van der Waals surface area contributed by atoms with E-state index < -0.39 is 27.1 Å². The predicted octanol–water partition coefficient (Wildman–Crippen LogP) is 4.86. The number of nitro benzene ring substituents is 2. The van der Waals surface area contributed by atoms with Gasteiger partial charge >= 0.3 is 5.69 Å². The molecule has 0 radical (unpaired) electrons. The van der Waals surface area contributed by atoms with Crippen molar-refractivity contribution in [3.05, 3.63) is 92.0 Å². The van der Waals surface area contributed by atoms with Crippen molar-refractivity contribution in [2.75, 3.05) is 13.7 Å². The van der Waals surface area contributed by atoms with E-state index in [1.807, 2.05) is 6.92 Å². The van der Waals surface area contributed by atoms with E-state index in [0.717, 1.165) is 18.6 Å². The average Bonchev–Trinajstić information content (AvgIpc) is 2.88. The van der Waals surface area contributed by atoms with Gasteiger partial charge in [0.25, 0.3) is 11.6 Å². The first-order chi connectivity index (χ1) is 17.3. The number of rotatable bonds is 11. The monoisotopic (exact) mass is 494 g/mol. The maximum Gasteiger partial charge on any atom is 0.318 e. The molecule has 1 N–H and O–H groups in total. The number of nitrogens with zero attached hydrogens (tertiary/aromatic N) is 3. The van der Waals surface area contributed by atoms with Crippen molar-refractivity contribution in [2.24, 2.45) is 5.10 Å². The molecule has 3 aromatic carbocycles. The number of methoxy groups -OCH3 is 1. The lowest BCUT2D eigenvalue weighted by molar-refractivity contribution is -0.394. The first-order valence-corrected chi connectivity index (χ1v) is 10.7. The van der Waals surface area contributed by atoms with E-state index in [4.69, 9.17) is 14.2 Å². The van der Waals surface area contributed by atoms with Crippen LogP contribution in [0.1, 0.15) is 29.3 Å². The number of carbonyl (C=O) groups is 1. The Hall–Kier alpha value is -5.00. The Morgan fingerprint density at radius 2 is 1.69 bits per heavy atom. The summed E-state index contributed by atoms with van der Waals surface area (Å²) in [6.45, 7) is 2.51. The normalized spacial score (nSPS) is 10.6. The highest BCUT2D eigenvalue weighted by Gasteiger charge is 2.21. The molecular weight excluding hydrogens is 472 g/mol. The van der Waals surface area contributed by atoms with E-state index in [0.29, 0.717) is 29.2 Å². The molecule has 1 amide bonds. The van der Waals surface area contributed by atoms with Crippen LogP contribution >= 0.6 is 0 Å². The minimum Gasteiger partial charge on any atom is -0.493 e. The van der Waals surface area contributed by atoms with Crippen molar-refractivity contribution in [2.45, 2.75) is 13.3 Å². The quantitative estimate of drug-likeness (QED) is 0.225. The van der Waals surface area contributed by atoms with Crippen LogP contribution in [0.2, 0.25) is 0 Å². The van der Waals surface area contributed by atoms with E-state index in [2.05, 4.69) is 10.5 Å². The van der Waals surface area contributed by atoms with Gasteiger partial charge in [0.2, 0.25) is 5.75 Å². The molecule has 12 nitrogen and oxygen atoms in total. The molecule has 0 aliphatic rings. The summed E-state index contributed by atoms with van der Waals surface area (Å²) in [5, 5.41) is 26.0. The highest BCUT2D eigenvalue weighted by molar-refractivity contribution is 5.95. The lowest BCUT2D eigenvalue weighted by Gasteiger charge is -2.11. The van der Waals surface area contributed by atoms with Crippen molar-refractivity contribution in [3.63, 3.8) is 0 Å². The summed E-state index contributed by atoms with van der Waals surface area (Å²) in [6.07, 6.45) is 2.25. The predicted molar refractivity (Wildman–Crippen MR) is 130 cm³/mol. The second-order valence-corrected chi connectivity index (χ2v) is 7.25. The fourth-order valence-electron chi connectivity index (χ4n) is 2.97. The molecule has 0 fully saturated rings. The largest absolute Gasteiger partial charge is 0.493 e. The number of nitro groups is 2. The van der Waals surface area contributed by atoms with Gasteiger partial charge in [0.05, 0.1) is 35.8 Å². The molecule has 3 aromatic rings. The third kappa shape index (κ3) is 6.53. The van der Waals surface area contributed by atoms with E-state index >= 15 is 0 Å². The third-order valence-corrected chi connectivity index (χ3v) is 4.73. The minimum absolute atomic E-state index is 0.138. The van der Waals surface area contributed by atoms with Gasteiger partial charge in [-0.05, 0) is 60.5 Å². The Morgan fingerprint density at radius 1 is 0.972 bits per heavy atom. The van der Waals surface area contributed by atoms with Crippen LogP contribution < -0.4 is 19.6 Å². The number of non-ortho nitro benzene ring substituents is 1. The van der Waals surface area contributed by atoms with Crippen LogP contribution in [-0.2, 0) is 0 Å². The van der Waals surface area contributed by atoms with Gasteiger partial charge in [0.15, 0.2) is 11.5 Å². The van der Waals surface area contributed by atoms with Crippen LogP contribution in [0.4, 0.5) is 11.4 Å². The Bertz CT molecular complexity index is 1290. The summed E-state index contributed by atoms with van der Waals surface area (Å²) in [7, 11) is 1.49. The van der Waals surface area contributed by atoms with Gasteiger partial charge in [-0.25, -0.2) is 5.43 Å². The van der Waals surface area contributed by atoms with Crippen molar-refractivity contribution in [1.82, 2.24) is 5.43 Å². The standard InChI is InChI=1S/C24H22N4O8/c1-3-12-35-22-10-6-17(13-23(22)34-2)24(29)26-25-15-16-4-8-19(9-5-16)36-21-11-7-18(27(30)31)14-20(21)28(32)33/h4-11,13-15H,3,12H2,1-2H3,(H,26,29)/b25-15+. The second-order valence-electron chi connectivity index (χ2n) is 7.25. The van der Waals surface area contributed by atoms with Gasteiger partial charge in [-0.3, -0.25) is 25.0 Å². The average molecular weight is 494 g/mol. The Kier molecular flexibility index (Phi) is 8.49. The molecule has 3 rings (SSSR count). The molecule has 0 bridgehead atoms. The molecular formula is C24H22N4O8. The minimum atomic E-state index is -0.757. The van der Waals surface area contributed by atoms with Crippen molar-refractivity contribution < 1.29 is 28.9 Å². The molecule has 0 aliphatic carbocycles. The molecule has 0 aliphatic heterocycles. The van der Waals surface area contributed by atoms with Gasteiger partial charge in [0.1, 0.15) is 5.75 Å². The van der Waals surface area contributed by atoms with Crippen molar-refractivity contribution >= 4 is 23.5 Å². The maximum absolute atomic E-state index is 12.4. The Labute approximate surface area is 205 Å². The molecule has 12 heteroatoms. The molecule has 0 atom stereocenters. The third-order valence-electron chi connectivity index (χ3n) is 4.73. The number of hydrogen-bond donors (Lipinski definition) is 1. The van der Waals surface area contributed by atoms with Gasteiger partial charge in [-0.15, -0.1) is 0 Å². The number of hydrazone groups is 1. The molecule has 0 saturated heterocycles. The van der Waals surface area contributed by atoms with E-state index in [-0.39, 0.29) is 11.5 Å². The summed E-state index contributed by atoms with van der Waals surface area (Å²) in [5.74, 6) is 0.660. The van der Waals surface area contributed by atoms with Gasteiger partial charge in [0, 0.05) is 11.6 Å². The van der Waals surface area contributed by atoms with E-state index in [9.17, 15) is 25.0 Å². The summed E-state index contributed by atoms with van der Waals surface area (Å²) >= 11 is 0. The fraction of sp³-hybridized carbons (Fsp3) is 0.167. The Morgan fingerprint density at radius 3 is 2.33 bits per heavy atom.